The molecule has 1 aliphatic carbocycles. The molecule has 2 aromatic carbocycles. The summed E-state index contributed by atoms with van der Waals surface area (Å²) in [4.78, 5) is 38.2. The van der Waals surface area contributed by atoms with E-state index in [0.29, 0.717) is 23.6 Å². The monoisotopic (exact) mass is 453 g/mol. The number of nitrogens with one attached hydrogen (secondary N) is 2. The van der Waals surface area contributed by atoms with Gasteiger partial charge in [0, 0.05) is 12.6 Å². The van der Waals surface area contributed by atoms with Crippen LogP contribution in [0.5, 0.6) is 11.5 Å². The van der Waals surface area contributed by atoms with Gasteiger partial charge in [-0.1, -0.05) is 6.07 Å². The van der Waals surface area contributed by atoms with Crippen molar-refractivity contribution >= 4 is 23.5 Å². The minimum atomic E-state index is -1.11. The van der Waals surface area contributed by atoms with Crippen LogP contribution in [0.3, 0.4) is 0 Å². The van der Waals surface area contributed by atoms with E-state index in [0.717, 1.165) is 28.9 Å². The van der Waals surface area contributed by atoms with Crippen LogP contribution >= 0.6 is 0 Å². The van der Waals surface area contributed by atoms with Crippen molar-refractivity contribution in [2.45, 2.75) is 37.8 Å². The second-order valence-electron chi connectivity index (χ2n) is 8.30. The molecule has 9 nitrogen and oxygen atoms in total. The lowest BCUT2D eigenvalue weighted by molar-refractivity contribution is -0.133. The number of aliphatic hydroxyl groups excluding tert-OH is 1. The summed E-state index contributed by atoms with van der Waals surface area (Å²) >= 11 is 0. The Balaban J connectivity index is 1.41. The van der Waals surface area contributed by atoms with Crippen LogP contribution in [0.1, 0.15) is 30.9 Å². The fourth-order valence-corrected chi connectivity index (χ4v) is 4.44. The summed E-state index contributed by atoms with van der Waals surface area (Å²) in [6, 6.07) is 11.7. The van der Waals surface area contributed by atoms with Crippen LogP contribution in [0, 0.1) is 0 Å². The number of amides is 4. The Morgan fingerprint density at radius 1 is 1.21 bits per heavy atom. The number of hydrogen-bond donors (Lipinski definition) is 3. The molecule has 1 spiro atoms. The number of imide groups is 1. The van der Waals surface area contributed by atoms with Gasteiger partial charge >= 0.3 is 6.03 Å². The van der Waals surface area contributed by atoms with Crippen molar-refractivity contribution in [1.82, 2.24) is 10.2 Å². The number of hydrogen-bond acceptors (Lipinski definition) is 6. The third-order valence-electron chi connectivity index (χ3n) is 5.96. The van der Waals surface area contributed by atoms with Crippen molar-refractivity contribution in [2.75, 3.05) is 25.6 Å². The molecule has 1 aliphatic heterocycles. The number of ether oxygens (including phenoxy) is 2. The van der Waals surface area contributed by atoms with Crippen molar-refractivity contribution in [3.05, 3.63) is 53.6 Å². The molecule has 33 heavy (non-hydrogen) atoms. The molecule has 0 radical (unpaired) electrons. The van der Waals surface area contributed by atoms with Gasteiger partial charge < -0.3 is 25.2 Å². The molecule has 0 bridgehead atoms. The average Bonchev–Trinajstić information content (AvgIpc) is 3.02. The first kappa shape index (κ1) is 22.6. The van der Waals surface area contributed by atoms with E-state index in [9.17, 15) is 19.5 Å². The van der Waals surface area contributed by atoms with E-state index in [2.05, 4.69) is 10.6 Å². The van der Waals surface area contributed by atoms with Gasteiger partial charge in [0.2, 0.25) is 5.91 Å². The van der Waals surface area contributed by atoms with Crippen LogP contribution in [-0.2, 0) is 21.5 Å². The number of carbonyl (C=O) groups is 3. The zero-order valence-electron chi connectivity index (χ0n) is 18.6. The van der Waals surface area contributed by atoms with Crippen molar-refractivity contribution < 1.29 is 29.0 Å². The Morgan fingerprint density at radius 2 is 1.94 bits per heavy atom. The quantitative estimate of drug-likeness (QED) is 0.553. The number of rotatable bonds is 7. The fourth-order valence-electron chi connectivity index (χ4n) is 4.44. The highest BCUT2D eigenvalue weighted by Gasteiger charge is 2.54. The van der Waals surface area contributed by atoms with E-state index in [1.54, 1.807) is 37.4 Å². The molecule has 1 saturated heterocycles. The van der Waals surface area contributed by atoms with Crippen LogP contribution in [-0.4, -0.2) is 54.2 Å². The molecule has 3 N–H and O–H groups in total. The molecule has 4 amide bonds. The standard InChI is InChI=1S/C24H27N3O6/c1-15(28)25-17-5-7-19(8-6-17)33-14-18(29)13-27-22(30)24(26-23(27)31)11-3-4-16-12-20(32-2)9-10-21(16)24/h5-10,12,18,29H,3-4,11,13-14H2,1-2H3,(H,25,28)(H,26,31). The Morgan fingerprint density at radius 3 is 2.64 bits per heavy atom. The maximum absolute atomic E-state index is 13.4. The predicted molar refractivity (Wildman–Crippen MR) is 120 cm³/mol. The van der Waals surface area contributed by atoms with Crippen molar-refractivity contribution in [3.63, 3.8) is 0 Å². The highest BCUT2D eigenvalue weighted by molar-refractivity contribution is 6.07. The Labute approximate surface area is 191 Å². The number of urea groups is 1. The van der Waals surface area contributed by atoms with E-state index >= 15 is 0 Å². The molecule has 2 aliphatic rings. The number of methoxy groups -OCH3 is 1. The van der Waals surface area contributed by atoms with Gasteiger partial charge in [0.25, 0.3) is 5.91 Å². The number of benzene rings is 2. The number of aryl methyl sites for hydroxylation is 1. The first-order valence-electron chi connectivity index (χ1n) is 10.8. The number of β-amino-alcohol motifs (C(OH)–C–C–N with tert-alkyl or cyclic N) is 1. The molecular formula is C24H27N3O6. The minimum Gasteiger partial charge on any atom is -0.497 e. The number of fused-ring (bicyclic) bond motifs is 2. The summed E-state index contributed by atoms with van der Waals surface area (Å²) in [6.45, 7) is 1.14. The summed E-state index contributed by atoms with van der Waals surface area (Å²) in [5.74, 6) is 0.659. The van der Waals surface area contributed by atoms with E-state index in [1.807, 2.05) is 12.1 Å². The minimum absolute atomic E-state index is 0.0999. The van der Waals surface area contributed by atoms with Crippen molar-refractivity contribution in [3.8, 4) is 11.5 Å². The third-order valence-corrected chi connectivity index (χ3v) is 5.96. The molecular weight excluding hydrogens is 426 g/mol. The smallest absolute Gasteiger partial charge is 0.325 e. The summed E-state index contributed by atoms with van der Waals surface area (Å²) < 4.78 is 10.9. The molecule has 9 heteroatoms. The first-order chi connectivity index (χ1) is 15.8. The van der Waals surface area contributed by atoms with Crippen LogP contribution in [0.4, 0.5) is 10.5 Å². The molecule has 1 heterocycles. The molecule has 0 saturated carbocycles. The van der Waals surface area contributed by atoms with Crippen molar-refractivity contribution in [2.24, 2.45) is 0 Å². The number of anilines is 1. The average molecular weight is 453 g/mol. The van der Waals surface area contributed by atoms with Crippen LogP contribution < -0.4 is 20.1 Å². The second kappa shape index (κ2) is 9.11. The lowest BCUT2D eigenvalue weighted by Gasteiger charge is -2.33. The Bertz CT molecular complexity index is 1070. The van der Waals surface area contributed by atoms with Gasteiger partial charge in [0.1, 0.15) is 29.7 Å². The molecule has 1 fully saturated rings. The predicted octanol–water partition coefficient (Wildman–Crippen LogP) is 2.18. The number of carbonyl (C=O) groups excluding carboxylic acids is 3. The molecule has 4 rings (SSSR count). The maximum atomic E-state index is 13.4. The van der Waals surface area contributed by atoms with Gasteiger partial charge in [-0.15, -0.1) is 0 Å². The zero-order chi connectivity index (χ0) is 23.6. The summed E-state index contributed by atoms with van der Waals surface area (Å²) in [6.07, 6.45) is 0.985. The third kappa shape index (κ3) is 4.49. The highest BCUT2D eigenvalue weighted by Crippen LogP contribution is 2.41. The van der Waals surface area contributed by atoms with Crippen LogP contribution in [0.25, 0.3) is 0 Å². The van der Waals surface area contributed by atoms with E-state index in [4.69, 9.17) is 9.47 Å². The number of aliphatic hydroxyl groups is 1. The summed E-state index contributed by atoms with van der Waals surface area (Å²) in [5.41, 5.74) is 1.27. The first-order valence-corrected chi connectivity index (χ1v) is 10.8. The molecule has 2 unspecified atom stereocenters. The van der Waals surface area contributed by atoms with Crippen LogP contribution in [0.15, 0.2) is 42.5 Å². The van der Waals surface area contributed by atoms with Crippen LogP contribution in [0.2, 0.25) is 0 Å². The van der Waals surface area contributed by atoms with Gasteiger partial charge in [-0.05, 0) is 66.8 Å². The Hall–Kier alpha value is -3.59. The molecule has 0 aromatic heterocycles. The maximum Gasteiger partial charge on any atom is 0.325 e. The summed E-state index contributed by atoms with van der Waals surface area (Å²) in [7, 11) is 1.59. The zero-order valence-corrected chi connectivity index (χ0v) is 18.6. The summed E-state index contributed by atoms with van der Waals surface area (Å²) in [5, 5.41) is 16.0. The largest absolute Gasteiger partial charge is 0.497 e. The SMILES string of the molecule is COc1ccc2c(c1)CCCC21NC(=O)N(CC(O)COc2ccc(NC(C)=O)cc2)C1=O. The second-order valence-corrected chi connectivity index (χ2v) is 8.30. The van der Waals surface area contributed by atoms with Gasteiger partial charge in [0.15, 0.2) is 0 Å². The van der Waals surface area contributed by atoms with Gasteiger partial charge in [-0.2, -0.15) is 0 Å². The van der Waals surface area contributed by atoms with Gasteiger partial charge in [-0.3, -0.25) is 14.5 Å². The van der Waals surface area contributed by atoms with E-state index in [1.165, 1.54) is 6.92 Å². The molecule has 2 atom stereocenters. The van der Waals surface area contributed by atoms with Gasteiger partial charge in [-0.25, -0.2) is 4.79 Å². The number of nitrogens with zero attached hydrogens (tertiary/aromatic N) is 1. The normalized spacial score (nSPS) is 20.3. The molecule has 2 aromatic rings. The van der Waals surface area contributed by atoms with E-state index < -0.39 is 17.7 Å². The highest BCUT2D eigenvalue weighted by atomic mass is 16.5. The molecule has 174 valence electrons. The van der Waals surface area contributed by atoms with Crippen molar-refractivity contribution in [1.29, 1.82) is 0 Å². The fraction of sp³-hybridized carbons (Fsp3) is 0.375. The topological polar surface area (TPSA) is 117 Å². The Kier molecular flexibility index (Phi) is 6.24. The van der Waals surface area contributed by atoms with Gasteiger partial charge in [0.05, 0.1) is 13.7 Å². The lowest BCUT2D eigenvalue weighted by atomic mass is 9.76. The van der Waals surface area contributed by atoms with E-state index in [-0.39, 0.29) is 25.0 Å². The lowest BCUT2D eigenvalue weighted by Crippen LogP contribution is -2.47.